The maximum absolute atomic E-state index is 12.6. The number of hydrogen-bond acceptors (Lipinski definition) is 2. The minimum atomic E-state index is -4.26. The summed E-state index contributed by atoms with van der Waals surface area (Å²) in [5.74, 6) is -2.16. The molecule has 1 atom stereocenters. The van der Waals surface area contributed by atoms with Crippen LogP contribution in [-0.4, -0.2) is 54.5 Å². The highest BCUT2D eigenvalue weighted by Gasteiger charge is 2.42. The normalized spacial score (nSPS) is 20.7. The molecule has 0 aliphatic carbocycles. The van der Waals surface area contributed by atoms with Crippen LogP contribution < -0.4 is 0 Å². The van der Waals surface area contributed by atoms with E-state index in [9.17, 15) is 22.8 Å². The monoisotopic (exact) mass is 266 g/mol. The number of halogens is 3. The molecule has 1 fully saturated rings. The summed E-state index contributed by atoms with van der Waals surface area (Å²) in [6.45, 7) is 1.17. The third-order valence-electron chi connectivity index (χ3n) is 3.15. The Morgan fingerprint density at radius 2 is 2.00 bits per heavy atom. The number of carbonyl (C=O) groups excluding carboxylic acids is 2. The van der Waals surface area contributed by atoms with Crippen molar-refractivity contribution in [1.82, 2.24) is 9.80 Å². The molecule has 0 spiro atoms. The highest BCUT2D eigenvalue weighted by molar-refractivity contribution is 5.83. The van der Waals surface area contributed by atoms with Crippen LogP contribution in [0.5, 0.6) is 0 Å². The number of hydrogen-bond donors (Lipinski definition) is 0. The lowest BCUT2D eigenvalue weighted by Crippen LogP contribution is -2.48. The molecule has 18 heavy (non-hydrogen) atoms. The van der Waals surface area contributed by atoms with Crippen LogP contribution in [0.1, 0.15) is 19.8 Å². The van der Waals surface area contributed by atoms with E-state index < -0.39 is 18.0 Å². The van der Waals surface area contributed by atoms with Gasteiger partial charge in [0.25, 0.3) is 0 Å². The molecule has 4 nitrogen and oxygen atoms in total. The van der Waals surface area contributed by atoms with E-state index in [4.69, 9.17) is 0 Å². The third kappa shape index (κ3) is 3.89. The second-order valence-corrected chi connectivity index (χ2v) is 4.60. The van der Waals surface area contributed by atoms with Crippen molar-refractivity contribution in [3.05, 3.63) is 0 Å². The molecule has 2 amide bonds. The van der Waals surface area contributed by atoms with Gasteiger partial charge < -0.3 is 9.80 Å². The Bertz CT molecular complexity index is 331. The average Bonchev–Trinajstić information content (AvgIpc) is 2.27. The van der Waals surface area contributed by atoms with Crippen LogP contribution in [0.2, 0.25) is 0 Å². The van der Waals surface area contributed by atoms with Gasteiger partial charge in [0.15, 0.2) is 0 Å². The van der Waals surface area contributed by atoms with E-state index in [1.54, 1.807) is 0 Å². The van der Waals surface area contributed by atoms with Gasteiger partial charge in [-0.15, -0.1) is 0 Å². The molecule has 1 rings (SSSR count). The number of rotatable bonds is 2. The first kappa shape index (κ1) is 14.8. The molecule has 1 saturated heterocycles. The number of carbonyl (C=O) groups is 2. The minimum Gasteiger partial charge on any atom is -0.341 e. The van der Waals surface area contributed by atoms with Crippen molar-refractivity contribution in [3.8, 4) is 0 Å². The van der Waals surface area contributed by atoms with E-state index in [2.05, 4.69) is 0 Å². The number of alkyl halides is 3. The summed E-state index contributed by atoms with van der Waals surface area (Å²) in [5, 5.41) is 0. The fourth-order valence-electron chi connectivity index (χ4n) is 1.89. The lowest BCUT2D eigenvalue weighted by molar-refractivity contribution is -0.188. The van der Waals surface area contributed by atoms with Crippen molar-refractivity contribution in [3.63, 3.8) is 0 Å². The Balaban J connectivity index is 2.56. The van der Waals surface area contributed by atoms with Gasteiger partial charge in [-0.25, -0.2) is 0 Å². The van der Waals surface area contributed by atoms with Gasteiger partial charge in [0.1, 0.15) is 0 Å². The topological polar surface area (TPSA) is 40.6 Å². The van der Waals surface area contributed by atoms with E-state index in [1.165, 1.54) is 23.8 Å². The summed E-state index contributed by atoms with van der Waals surface area (Å²) < 4.78 is 37.7. The predicted octanol–water partition coefficient (Wildman–Crippen LogP) is 1.27. The molecule has 0 N–H and O–H groups in total. The molecule has 0 saturated carbocycles. The van der Waals surface area contributed by atoms with Crippen molar-refractivity contribution >= 4 is 11.8 Å². The number of likely N-dealkylation sites (N-methyl/N-ethyl adjacent to an activating group) is 1. The Morgan fingerprint density at radius 1 is 1.39 bits per heavy atom. The van der Waals surface area contributed by atoms with Gasteiger partial charge >= 0.3 is 6.18 Å². The Kier molecular flexibility index (Phi) is 4.59. The average molecular weight is 266 g/mol. The number of nitrogens with zero attached hydrogens (tertiary/aromatic N) is 2. The minimum absolute atomic E-state index is 0.0653. The zero-order valence-electron chi connectivity index (χ0n) is 10.5. The quantitative estimate of drug-likeness (QED) is 0.755. The second-order valence-electron chi connectivity index (χ2n) is 4.60. The highest BCUT2D eigenvalue weighted by Crippen LogP contribution is 2.33. The summed E-state index contributed by atoms with van der Waals surface area (Å²) in [6.07, 6.45) is -3.85. The zero-order chi connectivity index (χ0) is 13.9. The SMILES string of the molecule is CC(=O)N(C)CC(=O)N1CCCC(C(F)(F)F)C1. The molecule has 0 aromatic heterocycles. The molecule has 1 heterocycles. The van der Waals surface area contributed by atoms with Crippen molar-refractivity contribution in [2.75, 3.05) is 26.7 Å². The fraction of sp³-hybridized carbons (Fsp3) is 0.818. The van der Waals surface area contributed by atoms with Gasteiger partial charge in [-0.05, 0) is 12.8 Å². The summed E-state index contributed by atoms with van der Waals surface area (Å²) >= 11 is 0. The van der Waals surface area contributed by atoms with E-state index in [0.717, 1.165) is 0 Å². The Hall–Kier alpha value is -1.27. The molecule has 104 valence electrons. The molecule has 0 radical (unpaired) electrons. The fourth-order valence-corrected chi connectivity index (χ4v) is 1.89. The van der Waals surface area contributed by atoms with Gasteiger partial charge in [0.2, 0.25) is 11.8 Å². The number of likely N-dealkylation sites (tertiary alicyclic amines) is 1. The molecule has 1 unspecified atom stereocenters. The van der Waals surface area contributed by atoms with E-state index in [-0.39, 0.29) is 25.4 Å². The highest BCUT2D eigenvalue weighted by atomic mass is 19.4. The molecule has 7 heteroatoms. The van der Waals surface area contributed by atoms with Crippen LogP contribution in [0.3, 0.4) is 0 Å². The smallest absolute Gasteiger partial charge is 0.341 e. The first-order valence-corrected chi connectivity index (χ1v) is 5.78. The van der Waals surface area contributed by atoms with Crippen LogP contribution >= 0.6 is 0 Å². The standard InChI is InChI=1S/C11H17F3N2O2/c1-8(17)15(2)7-10(18)16-5-3-4-9(6-16)11(12,13)14/h9H,3-7H2,1-2H3. The molecule has 0 bridgehead atoms. The van der Waals surface area contributed by atoms with E-state index in [1.807, 2.05) is 0 Å². The van der Waals surface area contributed by atoms with Crippen molar-refractivity contribution < 1.29 is 22.8 Å². The molecule has 1 aliphatic heterocycles. The van der Waals surface area contributed by atoms with Crippen LogP contribution in [0.15, 0.2) is 0 Å². The van der Waals surface area contributed by atoms with Gasteiger partial charge in [0, 0.05) is 27.1 Å². The lowest BCUT2D eigenvalue weighted by Gasteiger charge is -2.34. The van der Waals surface area contributed by atoms with E-state index in [0.29, 0.717) is 13.0 Å². The molecular formula is C11H17F3N2O2. The summed E-state index contributed by atoms with van der Waals surface area (Å²) in [5.41, 5.74) is 0. The van der Waals surface area contributed by atoms with Crippen LogP contribution in [-0.2, 0) is 9.59 Å². The van der Waals surface area contributed by atoms with Gasteiger partial charge in [0.05, 0.1) is 12.5 Å². The summed E-state index contributed by atoms with van der Waals surface area (Å²) in [7, 11) is 1.45. The van der Waals surface area contributed by atoms with E-state index >= 15 is 0 Å². The predicted molar refractivity (Wildman–Crippen MR) is 58.7 cm³/mol. The zero-order valence-corrected chi connectivity index (χ0v) is 10.5. The Morgan fingerprint density at radius 3 is 2.50 bits per heavy atom. The van der Waals surface area contributed by atoms with Crippen molar-refractivity contribution in [2.24, 2.45) is 5.92 Å². The lowest BCUT2D eigenvalue weighted by atomic mass is 9.97. The molecular weight excluding hydrogens is 249 g/mol. The summed E-state index contributed by atoms with van der Waals surface area (Å²) in [4.78, 5) is 25.1. The molecule has 0 aromatic rings. The largest absolute Gasteiger partial charge is 0.393 e. The van der Waals surface area contributed by atoms with Crippen LogP contribution in [0.4, 0.5) is 13.2 Å². The van der Waals surface area contributed by atoms with Gasteiger partial charge in [-0.2, -0.15) is 13.2 Å². The maximum atomic E-state index is 12.6. The van der Waals surface area contributed by atoms with Crippen LogP contribution in [0, 0.1) is 5.92 Å². The third-order valence-corrected chi connectivity index (χ3v) is 3.15. The van der Waals surface area contributed by atoms with Crippen LogP contribution in [0.25, 0.3) is 0 Å². The van der Waals surface area contributed by atoms with Gasteiger partial charge in [-0.1, -0.05) is 0 Å². The van der Waals surface area contributed by atoms with Crippen molar-refractivity contribution in [1.29, 1.82) is 0 Å². The van der Waals surface area contributed by atoms with Gasteiger partial charge in [-0.3, -0.25) is 9.59 Å². The molecule has 1 aliphatic rings. The molecule has 0 aromatic carbocycles. The number of piperidine rings is 1. The first-order chi connectivity index (χ1) is 8.21. The Labute approximate surface area is 104 Å². The second kappa shape index (κ2) is 5.58. The summed E-state index contributed by atoms with van der Waals surface area (Å²) in [6, 6.07) is 0. The number of amides is 2. The first-order valence-electron chi connectivity index (χ1n) is 5.78. The van der Waals surface area contributed by atoms with Crippen molar-refractivity contribution in [2.45, 2.75) is 25.9 Å². The maximum Gasteiger partial charge on any atom is 0.393 e.